The van der Waals surface area contributed by atoms with Gasteiger partial charge in [0, 0.05) is 21.4 Å². The number of benzene rings is 2. The fraction of sp³-hybridized carbons (Fsp3) is 0. The third-order valence-electron chi connectivity index (χ3n) is 3.87. The number of fused-ring (bicyclic) bond motifs is 1. The zero-order valence-electron chi connectivity index (χ0n) is 13.3. The second kappa shape index (κ2) is 6.90. The number of nitrogens with one attached hydrogen (secondary N) is 2. The summed E-state index contributed by atoms with van der Waals surface area (Å²) in [7, 11) is 0. The molecule has 0 aliphatic rings. The van der Waals surface area contributed by atoms with Gasteiger partial charge in [0.15, 0.2) is 5.65 Å². The number of hydrogen-bond acceptors (Lipinski definition) is 4. The summed E-state index contributed by atoms with van der Waals surface area (Å²) in [4.78, 5) is 24.2. The van der Waals surface area contributed by atoms with Crippen molar-refractivity contribution in [3.63, 3.8) is 0 Å². The van der Waals surface area contributed by atoms with Gasteiger partial charge in [0.2, 0.25) is 5.95 Å². The molecule has 4 aromatic rings. The van der Waals surface area contributed by atoms with Crippen molar-refractivity contribution in [2.75, 3.05) is 5.32 Å². The summed E-state index contributed by atoms with van der Waals surface area (Å²) in [5.74, 6) is 0.324. The van der Waals surface area contributed by atoms with E-state index in [4.69, 9.17) is 11.6 Å². The minimum absolute atomic E-state index is 0.252. The maximum atomic E-state index is 12.7. The highest BCUT2D eigenvalue weighted by molar-refractivity contribution is 9.10. The zero-order chi connectivity index (χ0) is 18.1. The van der Waals surface area contributed by atoms with Crippen LogP contribution >= 0.6 is 27.5 Å². The van der Waals surface area contributed by atoms with Crippen LogP contribution in [0, 0.1) is 0 Å². The molecule has 0 saturated heterocycles. The predicted octanol–water partition coefficient (Wildman–Crippen LogP) is 5.14. The number of nitrogens with zero attached hydrogens (tertiary/aromatic N) is 2. The first kappa shape index (κ1) is 16.8. The van der Waals surface area contributed by atoms with E-state index in [0.717, 1.165) is 21.3 Å². The van der Waals surface area contributed by atoms with Crippen LogP contribution in [0.3, 0.4) is 0 Å². The predicted molar refractivity (Wildman–Crippen MR) is 108 cm³/mol. The van der Waals surface area contributed by atoms with Gasteiger partial charge in [0.25, 0.3) is 5.56 Å². The second-order valence-electron chi connectivity index (χ2n) is 5.61. The molecule has 0 fully saturated rings. The number of halogens is 2. The fourth-order valence-electron chi connectivity index (χ4n) is 2.66. The number of H-pyrrole nitrogens is 1. The van der Waals surface area contributed by atoms with E-state index in [1.165, 1.54) is 0 Å². The minimum atomic E-state index is -0.252. The molecule has 0 atom stereocenters. The van der Waals surface area contributed by atoms with Crippen LogP contribution in [0.5, 0.6) is 0 Å². The third-order valence-corrected chi connectivity index (χ3v) is 4.65. The highest BCUT2D eigenvalue weighted by atomic mass is 79.9. The standard InChI is InChI=1S/C19H12BrClN4O/c20-12-3-1-11(2-4-12)15-9-10-22-17-16(15)18(26)25-19(24-17)23-14-7-5-13(21)6-8-14/h1-10H,(H2,22,23,24,25,26). The molecule has 5 nitrogen and oxygen atoms in total. The van der Waals surface area contributed by atoms with E-state index >= 15 is 0 Å². The Morgan fingerprint density at radius 2 is 1.73 bits per heavy atom. The van der Waals surface area contributed by atoms with Gasteiger partial charge in [-0.05, 0) is 53.6 Å². The first-order valence-corrected chi connectivity index (χ1v) is 8.95. The van der Waals surface area contributed by atoms with E-state index in [2.05, 4.69) is 36.2 Å². The molecule has 7 heteroatoms. The quantitative estimate of drug-likeness (QED) is 0.475. The van der Waals surface area contributed by atoms with Crippen molar-refractivity contribution in [2.24, 2.45) is 0 Å². The Kier molecular flexibility index (Phi) is 4.44. The Morgan fingerprint density at radius 3 is 2.46 bits per heavy atom. The largest absolute Gasteiger partial charge is 0.326 e. The van der Waals surface area contributed by atoms with Gasteiger partial charge in [0.1, 0.15) is 0 Å². The van der Waals surface area contributed by atoms with Crippen LogP contribution in [-0.4, -0.2) is 15.0 Å². The summed E-state index contributed by atoms with van der Waals surface area (Å²) in [5, 5.41) is 4.15. The highest BCUT2D eigenvalue weighted by Crippen LogP contribution is 2.26. The van der Waals surface area contributed by atoms with Crippen LogP contribution in [-0.2, 0) is 0 Å². The SMILES string of the molecule is O=c1[nH]c(Nc2ccc(Cl)cc2)nc2nccc(-c3ccc(Br)cc3)c12. The average Bonchev–Trinajstić information content (AvgIpc) is 2.64. The van der Waals surface area contributed by atoms with Gasteiger partial charge in [-0.2, -0.15) is 4.98 Å². The first-order chi connectivity index (χ1) is 12.6. The molecule has 4 rings (SSSR count). The maximum absolute atomic E-state index is 12.7. The van der Waals surface area contributed by atoms with E-state index in [1.807, 2.05) is 30.3 Å². The molecule has 0 radical (unpaired) electrons. The number of aromatic amines is 1. The Bertz CT molecular complexity index is 1140. The number of rotatable bonds is 3. The molecule has 128 valence electrons. The Balaban J connectivity index is 1.80. The van der Waals surface area contributed by atoms with Crippen LogP contribution < -0.4 is 10.9 Å². The van der Waals surface area contributed by atoms with Gasteiger partial charge in [-0.15, -0.1) is 0 Å². The number of anilines is 2. The molecule has 0 unspecified atom stereocenters. The Hall–Kier alpha value is -2.70. The van der Waals surface area contributed by atoms with Crippen LogP contribution in [0.4, 0.5) is 11.6 Å². The molecule has 2 aromatic heterocycles. The van der Waals surface area contributed by atoms with Gasteiger partial charge in [-0.1, -0.05) is 39.7 Å². The van der Waals surface area contributed by atoms with Gasteiger partial charge in [-0.25, -0.2) is 4.98 Å². The summed E-state index contributed by atoms with van der Waals surface area (Å²) < 4.78 is 0.973. The van der Waals surface area contributed by atoms with Gasteiger partial charge < -0.3 is 5.32 Å². The normalized spacial score (nSPS) is 10.8. The third kappa shape index (κ3) is 3.34. The molecule has 0 amide bonds. The van der Waals surface area contributed by atoms with Crippen molar-refractivity contribution >= 4 is 50.2 Å². The number of pyridine rings is 1. The lowest BCUT2D eigenvalue weighted by Crippen LogP contribution is -2.13. The summed E-state index contributed by atoms with van der Waals surface area (Å²) in [6, 6.07) is 16.7. The Labute approximate surface area is 162 Å². The van der Waals surface area contributed by atoms with Crippen LogP contribution in [0.2, 0.25) is 5.02 Å². The lowest BCUT2D eigenvalue weighted by atomic mass is 10.0. The van der Waals surface area contributed by atoms with E-state index in [0.29, 0.717) is 22.0 Å². The summed E-state index contributed by atoms with van der Waals surface area (Å²) >= 11 is 9.31. The van der Waals surface area contributed by atoms with Crippen molar-refractivity contribution in [1.82, 2.24) is 15.0 Å². The summed E-state index contributed by atoms with van der Waals surface area (Å²) in [6.45, 7) is 0. The van der Waals surface area contributed by atoms with E-state index in [9.17, 15) is 4.79 Å². The molecule has 0 spiro atoms. The molecular weight excluding hydrogens is 416 g/mol. The molecule has 0 aliphatic carbocycles. The first-order valence-electron chi connectivity index (χ1n) is 7.78. The van der Waals surface area contributed by atoms with Gasteiger partial charge in [0.05, 0.1) is 5.39 Å². The Morgan fingerprint density at radius 1 is 1.00 bits per heavy atom. The molecule has 2 N–H and O–H groups in total. The van der Waals surface area contributed by atoms with Crippen LogP contribution in [0.1, 0.15) is 0 Å². The number of aromatic nitrogens is 3. The van der Waals surface area contributed by atoms with Crippen molar-refractivity contribution in [3.05, 3.63) is 80.6 Å². The van der Waals surface area contributed by atoms with Crippen molar-refractivity contribution in [3.8, 4) is 11.1 Å². The molecule has 0 bridgehead atoms. The molecule has 26 heavy (non-hydrogen) atoms. The molecule has 2 aromatic carbocycles. The minimum Gasteiger partial charge on any atom is -0.326 e. The highest BCUT2D eigenvalue weighted by Gasteiger charge is 2.11. The van der Waals surface area contributed by atoms with Gasteiger partial charge in [-0.3, -0.25) is 9.78 Å². The average molecular weight is 428 g/mol. The maximum Gasteiger partial charge on any atom is 0.262 e. The second-order valence-corrected chi connectivity index (χ2v) is 6.96. The van der Waals surface area contributed by atoms with Crippen molar-refractivity contribution in [2.45, 2.75) is 0 Å². The summed E-state index contributed by atoms with van der Waals surface area (Å²) in [5.41, 5.74) is 2.60. The zero-order valence-corrected chi connectivity index (χ0v) is 15.7. The van der Waals surface area contributed by atoms with Crippen LogP contribution in [0.15, 0.2) is 70.1 Å². The lowest BCUT2D eigenvalue weighted by molar-refractivity contribution is 1.14. The van der Waals surface area contributed by atoms with E-state index < -0.39 is 0 Å². The van der Waals surface area contributed by atoms with Crippen molar-refractivity contribution < 1.29 is 0 Å². The molecule has 0 aliphatic heterocycles. The summed E-state index contributed by atoms with van der Waals surface area (Å²) in [6.07, 6.45) is 1.65. The molecular formula is C19H12BrClN4O. The fourth-order valence-corrected chi connectivity index (χ4v) is 3.05. The number of hydrogen-bond donors (Lipinski definition) is 2. The van der Waals surface area contributed by atoms with E-state index in [1.54, 1.807) is 30.5 Å². The van der Waals surface area contributed by atoms with Crippen molar-refractivity contribution in [1.29, 1.82) is 0 Å². The van der Waals surface area contributed by atoms with E-state index in [-0.39, 0.29) is 5.56 Å². The molecule has 2 heterocycles. The topological polar surface area (TPSA) is 70.7 Å². The molecule has 0 saturated carbocycles. The lowest BCUT2D eigenvalue weighted by Gasteiger charge is -2.09. The smallest absolute Gasteiger partial charge is 0.262 e. The van der Waals surface area contributed by atoms with Gasteiger partial charge >= 0.3 is 0 Å². The van der Waals surface area contributed by atoms with Crippen LogP contribution in [0.25, 0.3) is 22.2 Å². The monoisotopic (exact) mass is 426 g/mol.